The molecule has 0 atom stereocenters. The molecular formula is C22H25NO4. The van der Waals surface area contributed by atoms with Gasteiger partial charge in [0.05, 0.1) is 5.56 Å². The lowest BCUT2D eigenvalue weighted by atomic mass is 10.1. The highest BCUT2D eigenvalue weighted by molar-refractivity contribution is 6.07. The summed E-state index contributed by atoms with van der Waals surface area (Å²) in [5.74, 6) is 1.16. The quantitative estimate of drug-likeness (QED) is 0.739. The standard InChI is InChI=1S/C18H17NO3.C4H8O/c1-12-17(18(20)19-2)15-10-14(8-9-16(15)22-12)21-11-13-6-4-3-5-7-13;1-2-4-5-3-1/h3-10H,11H2,1-2H3,(H,19,20);1-4H2. The number of hydrogen-bond acceptors (Lipinski definition) is 4. The van der Waals surface area contributed by atoms with Crippen LogP contribution in [-0.2, 0) is 11.3 Å². The number of carbonyl (C=O) groups excluding carboxylic acids is 1. The van der Waals surface area contributed by atoms with E-state index in [0.717, 1.165) is 24.2 Å². The van der Waals surface area contributed by atoms with E-state index in [1.54, 1.807) is 14.0 Å². The second-order valence-electron chi connectivity index (χ2n) is 6.36. The Morgan fingerprint density at radius 3 is 2.48 bits per heavy atom. The Bertz CT molecular complexity index is 874. The molecular weight excluding hydrogens is 342 g/mol. The molecule has 5 nitrogen and oxygen atoms in total. The summed E-state index contributed by atoms with van der Waals surface area (Å²) in [5.41, 5.74) is 2.34. The average Bonchev–Trinajstić information content (AvgIpc) is 3.37. The van der Waals surface area contributed by atoms with Crippen LogP contribution in [0.15, 0.2) is 52.9 Å². The number of aryl methyl sites for hydroxylation is 1. The van der Waals surface area contributed by atoms with E-state index >= 15 is 0 Å². The maximum absolute atomic E-state index is 12.0. The summed E-state index contributed by atoms with van der Waals surface area (Å²) >= 11 is 0. The number of benzene rings is 2. The molecule has 1 N–H and O–H groups in total. The molecule has 27 heavy (non-hydrogen) atoms. The van der Waals surface area contributed by atoms with Gasteiger partial charge in [-0.2, -0.15) is 0 Å². The molecule has 1 aliphatic rings. The maximum Gasteiger partial charge on any atom is 0.255 e. The second kappa shape index (κ2) is 9.24. The van der Waals surface area contributed by atoms with Gasteiger partial charge in [0.1, 0.15) is 23.7 Å². The van der Waals surface area contributed by atoms with Gasteiger partial charge in [-0.25, -0.2) is 0 Å². The Morgan fingerprint density at radius 2 is 1.85 bits per heavy atom. The van der Waals surface area contributed by atoms with Crippen molar-refractivity contribution in [3.63, 3.8) is 0 Å². The van der Waals surface area contributed by atoms with Gasteiger partial charge in [0.2, 0.25) is 0 Å². The molecule has 3 aromatic rings. The van der Waals surface area contributed by atoms with E-state index < -0.39 is 0 Å². The lowest BCUT2D eigenvalue weighted by Crippen LogP contribution is -2.18. The summed E-state index contributed by atoms with van der Waals surface area (Å²) in [6.45, 7) is 4.27. The van der Waals surface area contributed by atoms with Crippen LogP contribution in [0.5, 0.6) is 5.75 Å². The predicted molar refractivity (Wildman–Crippen MR) is 105 cm³/mol. The summed E-state index contributed by atoms with van der Waals surface area (Å²) in [4.78, 5) is 12.0. The van der Waals surface area contributed by atoms with Crippen LogP contribution in [0.4, 0.5) is 0 Å². The van der Waals surface area contributed by atoms with Crippen LogP contribution in [0.3, 0.4) is 0 Å². The van der Waals surface area contributed by atoms with Crippen molar-refractivity contribution in [2.45, 2.75) is 26.4 Å². The van der Waals surface area contributed by atoms with E-state index in [2.05, 4.69) is 5.32 Å². The number of furan rings is 1. The van der Waals surface area contributed by atoms with Crippen molar-refractivity contribution in [1.82, 2.24) is 5.32 Å². The van der Waals surface area contributed by atoms with E-state index in [4.69, 9.17) is 13.9 Å². The zero-order chi connectivity index (χ0) is 19.1. The van der Waals surface area contributed by atoms with Crippen LogP contribution in [0.1, 0.15) is 34.5 Å². The number of carbonyl (C=O) groups is 1. The van der Waals surface area contributed by atoms with Gasteiger partial charge in [0, 0.05) is 25.6 Å². The van der Waals surface area contributed by atoms with Gasteiger partial charge >= 0.3 is 0 Å². The molecule has 0 saturated carbocycles. The average molecular weight is 367 g/mol. The molecule has 1 fully saturated rings. The van der Waals surface area contributed by atoms with Gasteiger partial charge in [0.25, 0.3) is 5.91 Å². The molecule has 1 aliphatic heterocycles. The van der Waals surface area contributed by atoms with E-state index in [1.807, 2.05) is 48.5 Å². The zero-order valence-corrected chi connectivity index (χ0v) is 15.8. The largest absolute Gasteiger partial charge is 0.489 e. The summed E-state index contributed by atoms with van der Waals surface area (Å²) in [5, 5.41) is 3.40. The van der Waals surface area contributed by atoms with Gasteiger partial charge < -0.3 is 19.2 Å². The highest BCUT2D eigenvalue weighted by atomic mass is 16.5. The third-order valence-electron chi connectivity index (χ3n) is 4.37. The third-order valence-corrected chi connectivity index (χ3v) is 4.37. The van der Waals surface area contributed by atoms with Gasteiger partial charge in [-0.15, -0.1) is 0 Å². The Kier molecular flexibility index (Phi) is 6.49. The summed E-state index contributed by atoms with van der Waals surface area (Å²) < 4.78 is 16.4. The molecule has 142 valence electrons. The fraction of sp³-hybridized carbons (Fsp3) is 0.318. The molecule has 0 bridgehead atoms. The second-order valence-corrected chi connectivity index (χ2v) is 6.36. The number of nitrogens with one attached hydrogen (secondary N) is 1. The third kappa shape index (κ3) is 4.89. The molecule has 0 radical (unpaired) electrons. The van der Waals surface area contributed by atoms with Crippen LogP contribution in [-0.4, -0.2) is 26.2 Å². The molecule has 1 aromatic heterocycles. The molecule has 0 spiro atoms. The van der Waals surface area contributed by atoms with Crippen molar-refractivity contribution in [2.24, 2.45) is 0 Å². The van der Waals surface area contributed by atoms with Crippen LogP contribution >= 0.6 is 0 Å². The monoisotopic (exact) mass is 367 g/mol. The SMILES string of the molecule is C1CCOC1.CNC(=O)c1c(C)oc2ccc(OCc3ccccc3)cc12. The number of hydrogen-bond donors (Lipinski definition) is 1. The van der Waals surface area contributed by atoms with Crippen molar-refractivity contribution < 1.29 is 18.7 Å². The topological polar surface area (TPSA) is 60.7 Å². The number of amides is 1. The minimum absolute atomic E-state index is 0.156. The van der Waals surface area contributed by atoms with Gasteiger partial charge in [0.15, 0.2) is 0 Å². The normalized spacial score (nSPS) is 13.1. The highest BCUT2D eigenvalue weighted by Crippen LogP contribution is 2.29. The molecule has 0 aliphatic carbocycles. The van der Waals surface area contributed by atoms with Crippen molar-refractivity contribution in [1.29, 1.82) is 0 Å². The first-order valence-corrected chi connectivity index (χ1v) is 9.18. The lowest BCUT2D eigenvalue weighted by molar-refractivity contribution is 0.0963. The van der Waals surface area contributed by atoms with Crippen molar-refractivity contribution in [3.8, 4) is 5.75 Å². The van der Waals surface area contributed by atoms with Crippen LogP contribution in [0.2, 0.25) is 0 Å². The number of rotatable bonds is 4. The Hall–Kier alpha value is -2.79. The first-order valence-electron chi connectivity index (χ1n) is 9.18. The summed E-state index contributed by atoms with van der Waals surface area (Å²) in [6.07, 6.45) is 2.56. The fourth-order valence-corrected chi connectivity index (χ4v) is 2.95. The van der Waals surface area contributed by atoms with Crippen LogP contribution in [0, 0.1) is 6.92 Å². The van der Waals surface area contributed by atoms with E-state index in [-0.39, 0.29) is 5.91 Å². The highest BCUT2D eigenvalue weighted by Gasteiger charge is 2.17. The Morgan fingerprint density at radius 1 is 1.11 bits per heavy atom. The minimum Gasteiger partial charge on any atom is -0.489 e. The fourth-order valence-electron chi connectivity index (χ4n) is 2.95. The molecule has 1 amide bonds. The number of fused-ring (bicyclic) bond motifs is 1. The summed E-state index contributed by atoms with van der Waals surface area (Å²) in [6, 6.07) is 15.5. The van der Waals surface area contributed by atoms with Gasteiger partial charge in [-0.3, -0.25) is 4.79 Å². The van der Waals surface area contributed by atoms with Crippen molar-refractivity contribution >= 4 is 16.9 Å². The molecule has 2 heterocycles. The molecule has 1 saturated heterocycles. The molecule has 5 heteroatoms. The first-order chi connectivity index (χ1) is 13.2. The maximum atomic E-state index is 12.0. The summed E-state index contributed by atoms with van der Waals surface area (Å²) in [7, 11) is 1.61. The van der Waals surface area contributed by atoms with E-state index in [9.17, 15) is 4.79 Å². The number of ether oxygens (including phenoxy) is 2. The van der Waals surface area contributed by atoms with Crippen molar-refractivity contribution in [3.05, 3.63) is 65.4 Å². The van der Waals surface area contributed by atoms with Crippen LogP contribution in [0.25, 0.3) is 11.0 Å². The van der Waals surface area contributed by atoms with Crippen LogP contribution < -0.4 is 10.1 Å². The van der Waals surface area contributed by atoms with Gasteiger partial charge in [-0.1, -0.05) is 30.3 Å². The van der Waals surface area contributed by atoms with E-state index in [0.29, 0.717) is 29.3 Å². The zero-order valence-electron chi connectivity index (χ0n) is 15.8. The van der Waals surface area contributed by atoms with Crippen molar-refractivity contribution in [2.75, 3.05) is 20.3 Å². The van der Waals surface area contributed by atoms with E-state index in [1.165, 1.54) is 12.8 Å². The molecule has 4 rings (SSSR count). The predicted octanol–water partition coefficient (Wildman–Crippen LogP) is 4.48. The minimum atomic E-state index is -0.156. The Labute approximate surface area is 159 Å². The smallest absolute Gasteiger partial charge is 0.255 e. The first kappa shape index (κ1) is 19.0. The molecule has 2 aromatic carbocycles. The van der Waals surface area contributed by atoms with Gasteiger partial charge in [-0.05, 0) is 43.5 Å². The lowest BCUT2D eigenvalue weighted by Gasteiger charge is -2.06. The molecule has 0 unspecified atom stereocenters. The Balaban J connectivity index is 0.000000364.